The second-order valence-corrected chi connectivity index (χ2v) is 4.57. The predicted molar refractivity (Wildman–Crippen MR) is 51.5 cm³/mol. The minimum atomic E-state index is -4.32. The average molecular weight is 236 g/mol. The quantitative estimate of drug-likeness (QED) is 0.691. The monoisotopic (exact) mass is 236 g/mol. The van der Waals surface area contributed by atoms with Crippen LogP contribution >= 0.6 is 0 Å². The summed E-state index contributed by atoms with van der Waals surface area (Å²) < 4.78 is 38.2. The minimum Gasteiger partial charge on any atom is -0.326 e. The molecule has 0 radical (unpaired) electrons. The highest BCUT2D eigenvalue weighted by atomic mass is 19.4. The smallest absolute Gasteiger partial charge is 0.326 e. The van der Waals surface area contributed by atoms with Crippen molar-refractivity contribution in [3.05, 3.63) is 0 Å². The second kappa shape index (κ2) is 3.91. The van der Waals surface area contributed by atoms with Gasteiger partial charge in [-0.3, -0.25) is 4.79 Å². The summed E-state index contributed by atoms with van der Waals surface area (Å²) in [7, 11) is 0. The van der Waals surface area contributed by atoms with Crippen LogP contribution in [0.5, 0.6) is 0 Å². The SMILES string of the molecule is NC1CCCC2CCC(C(F)(F)F)N2C1=O. The van der Waals surface area contributed by atoms with E-state index in [1.54, 1.807) is 0 Å². The summed E-state index contributed by atoms with van der Waals surface area (Å²) in [6.45, 7) is 0. The molecule has 3 atom stereocenters. The van der Waals surface area contributed by atoms with Crippen molar-refractivity contribution in [3.8, 4) is 0 Å². The molecule has 2 fully saturated rings. The van der Waals surface area contributed by atoms with Crippen molar-refractivity contribution in [2.24, 2.45) is 5.73 Å². The molecule has 0 spiro atoms. The lowest BCUT2D eigenvalue weighted by Crippen LogP contribution is -2.52. The Labute approximate surface area is 91.8 Å². The van der Waals surface area contributed by atoms with Crippen molar-refractivity contribution in [3.63, 3.8) is 0 Å². The number of rotatable bonds is 0. The molecule has 6 heteroatoms. The highest BCUT2D eigenvalue weighted by molar-refractivity contribution is 5.83. The maximum absolute atomic E-state index is 12.7. The number of nitrogens with zero attached hydrogens (tertiary/aromatic N) is 1. The molecule has 2 N–H and O–H groups in total. The molecule has 3 unspecified atom stereocenters. The van der Waals surface area contributed by atoms with Crippen LogP contribution in [-0.2, 0) is 4.79 Å². The minimum absolute atomic E-state index is 0.0205. The molecule has 0 saturated carbocycles. The van der Waals surface area contributed by atoms with Crippen molar-refractivity contribution in [2.45, 2.75) is 56.4 Å². The van der Waals surface area contributed by atoms with Gasteiger partial charge in [-0.2, -0.15) is 13.2 Å². The molecule has 0 aromatic carbocycles. The van der Waals surface area contributed by atoms with Crippen LogP contribution in [0.15, 0.2) is 0 Å². The number of carbonyl (C=O) groups excluding carboxylic acids is 1. The Morgan fingerprint density at radius 2 is 1.88 bits per heavy atom. The van der Waals surface area contributed by atoms with Crippen LogP contribution in [0.4, 0.5) is 13.2 Å². The molecular weight excluding hydrogens is 221 g/mol. The van der Waals surface area contributed by atoms with E-state index in [1.807, 2.05) is 0 Å². The molecule has 92 valence electrons. The number of alkyl halides is 3. The van der Waals surface area contributed by atoms with Crippen LogP contribution < -0.4 is 5.73 Å². The molecule has 2 rings (SSSR count). The van der Waals surface area contributed by atoms with Gasteiger partial charge in [-0.05, 0) is 32.1 Å². The maximum Gasteiger partial charge on any atom is 0.408 e. The molecule has 1 amide bonds. The van der Waals surface area contributed by atoms with Gasteiger partial charge >= 0.3 is 6.18 Å². The van der Waals surface area contributed by atoms with Gasteiger partial charge in [-0.25, -0.2) is 0 Å². The van der Waals surface area contributed by atoms with Crippen LogP contribution in [0.25, 0.3) is 0 Å². The summed E-state index contributed by atoms with van der Waals surface area (Å²) in [6, 6.07) is -2.63. The van der Waals surface area contributed by atoms with Gasteiger partial charge in [0.2, 0.25) is 5.91 Å². The lowest BCUT2D eigenvalue weighted by atomic mass is 10.1. The molecule has 2 aliphatic heterocycles. The van der Waals surface area contributed by atoms with E-state index in [-0.39, 0.29) is 12.5 Å². The fraction of sp³-hybridized carbons (Fsp3) is 0.900. The fourth-order valence-electron chi connectivity index (χ4n) is 2.71. The van der Waals surface area contributed by atoms with Crippen molar-refractivity contribution >= 4 is 5.91 Å². The highest BCUT2D eigenvalue weighted by Crippen LogP contribution is 2.39. The lowest BCUT2D eigenvalue weighted by molar-refractivity contribution is -0.186. The summed E-state index contributed by atoms with van der Waals surface area (Å²) in [5, 5.41) is 0. The molecule has 3 nitrogen and oxygen atoms in total. The van der Waals surface area contributed by atoms with E-state index >= 15 is 0 Å². The number of nitrogens with two attached hydrogens (primary N) is 1. The van der Waals surface area contributed by atoms with Gasteiger partial charge < -0.3 is 10.6 Å². The van der Waals surface area contributed by atoms with Gasteiger partial charge in [-0.15, -0.1) is 0 Å². The van der Waals surface area contributed by atoms with Crippen LogP contribution in [0.1, 0.15) is 32.1 Å². The number of amides is 1. The van der Waals surface area contributed by atoms with E-state index in [9.17, 15) is 18.0 Å². The number of hydrogen-bond donors (Lipinski definition) is 1. The third-order valence-electron chi connectivity index (χ3n) is 3.50. The number of carbonyl (C=O) groups is 1. The van der Waals surface area contributed by atoms with Crippen LogP contribution in [-0.4, -0.2) is 35.1 Å². The first-order valence-corrected chi connectivity index (χ1v) is 5.55. The Balaban J connectivity index is 2.24. The van der Waals surface area contributed by atoms with Gasteiger partial charge in [0, 0.05) is 6.04 Å². The second-order valence-electron chi connectivity index (χ2n) is 4.57. The molecule has 0 aromatic heterocycles. The Hall–Kier alpha value is -0.780. The standard InChI is InChI=1S/C10H15F3N2O/c11-10(12,13)8-5-4-6-2-1-3-7(14)9(16)15(6)8/h6-8H,1-5,14H2. The first-order valence-electron chi connectivity index (χ1n) is 5.55. The van der Waals surface area contributed by atoms with Crippen molar-refractivity contribution in [1.82, 2.24) is 4.90 Å². The van der Waals surface area contributed by atoms with Gasteiger partial charge in [-0.1, -0.05) is 0 Å². The van der Waals surface area contributed by atoms with E-state index in [4.69, 9.17) is 5.73 Å². The molecule has 0 aromatic rings. The summed E-state index contributed by atoms with van der Waals surface area (Å²) in [6.07, 6.45) is -1.98. The molecule has 2 heterocycles. The Morgan fingerprint density at radius 3 is 2.50 bits per heavy atom. The van der Waals surface area contributed by atoms with Gasteiger partial charge in [0.25, 0.3) is 0 Å². The van der Waals surface area contributed by atoms with Crippen molar-refractivity contribution in [1.29, 1.82) is 0 Å². The zero-order valence-electron chi connectivity index (χ0n) is 8.83. The Morgan fingerprint density at radius 1 is 1.19 bits per heavy atom. The van der Waals surface area contributed by atoms with Crippen LogP contribution in [0.3, 0.4) is 0 Å². The van der Waals surface area contributed by atoms with Crippen LogP contribution in [0, 0.1) is 0 Å². The average Bonchev–Trinajstić information content (AvgIpc) is 2.54. The van der Waals surface area contributed by atoms with Crippen LogP contribution in [0.2, 0.25) is 0 Å². The lowest BCUT2D eigenvalue weighted by Gasteiger charge is -2.31. The molecule has 0 bridgehead atoms. The molecule has 16 heavy (non-hydrogen) atoms. The third-order valence-corrected chi connectivity index (χ3v) is 3.50. The molecular formula is C10H15F3N2O. The van der Waals surface area contributed by atoms with Crippen molar-refractivity contribution < 1.29 is 18.0 Å². The first kappa shape index (κ1) is 11.7. The number of halogens is 3. The topological polar surface area (TPSA) is 46.3 Å². The summed E-state index contributed by atoms with van der Waals surface area (Å²) in [5.41, 5.74) is 5.58. The summed E-state index contributed by atoms with van der Waals surface area (Å²) in [5.74, 6) is -0.526. The van der Waals surface area contributed by atoms with E-state index < -0.39 is 24.2 Å². The molecule has 2 aliphatic rings. The van der Waals surface area contributed by atoms with E-state index in [2.05, 4.69) is 0 Å². The van der Waals surface area contributed by atoms with Gasteiger partial charge in [0.1, 0.15) is 6.04 Å². The van der Waals surface area contributed by atoms with Gasteiger partial charge in [0.15, 0.2) is 0 Å². The van der Waals surface area contributed by atoms with Gasteiger partial charge in [0.05, 0.1) is 6.04 Å². The zero-order valence-corrected chi connectivity index (χ0v) is 8.83. The number of hydrogen-bond acceptors (Lipinski definition) is 2. The number of fused-ring (bicyclic) bond motifs is 1. The molecule has 0 aliphatic carbocycles. The normalized spacial score (nSPS) is 36.1. The highest BCUT2D eigenvalue weighted by Gasteiger charge is 2.52. The van der Waals surface area contributed by atoms with E-state index in [0.29, 0.717) is 19.3 Å². The van der Waals surface area contributed by atoms with E-state index in [0.717, 1.165) is 11.3 Å². The zero-order chi connectivity index (χ0) is 11.9. The largest absolute Gasteiger partial charge is 0.408 e. The Bertz CT molecular complexity index is 292. The maximum atomic E-state index is 12.7. The fourth-order valence-corrected chi connectivity index (χ4v) is 2.71. The van der Waals surface area contributed by atoms with Crippen molar-refractivity contribution in [2.75, 3.05) is 0 Å². The third kappa shape index (κ3) is 1.90. The van der Waals surface area contributed by atoms with E-state index in [1.165, 1.54) is 0 Å². The Kier molecular flexibility index (Phi) is 2.86. The predicted octanol–water partition coefficient (Wildman–Crippen LogP) is 1.42. The summed E-state index contributed by atoms with van der Waals surface area (Å²) in [4.78, 5) is 12.8. The summed E-state index contributed by atoms with van der Waals surface area (Å²) >= 11 is 0. The first-order chi connectivity index (χ1) is 7.41. The molecule has 2 saturated heterocycles.